The molecule has 0 radical (unpaired) electrons. The lowest BCUT2D eigenvalue weighted by atomic mass is 10.2. The van der Waals surface area contributed by atoms with E-state index in [4.69, 9.17) is 4.74 Å². The van der Waals surface area contributed by atoms with Crippen LogP contribution in [0.2, 0.25) is 0 Å². The van der Waals surface area contributed by atoms with E-state index >= 15 is 0 Å². The molecule has 2 heterocycles. The first-order valence-electron chi connectivity index (χ1n) is 5.90. The number of fused-ring (bicyclic) bond motifs is 1. The largest absolute Gasteiger partial charge is 0.460 e. The van der Waals surface area contributed by atoms with Crippen LogP contribution < -0.4 is 0 Å². The number of amides is 1. The number of nitrogens with zero attached hydrogens (tertiary/aromatic N) is 1. The van der Waals surface area contributed by atoms with Gasteiger partial charge in [-0.1, -0.05) is 12.2 Å². The average Bonchev–Trinajstić information content (AvgIpc) is 2.74. The maximum atomic E-state index is 11.9. The molecule has 0 unspecified atom stereocenters. The van der Waals surface area contributed by atoms with Gasteiger partial charge in [-0.15, -0.1) is 0 Å². The van der Waals surface area contributed by atoms with Crippen LogP contribution >= 0.6 is 0 Å². The van der Waals surface area contributed by atoms with Crippen LogP contribution in [0.25, 0.3) is 0 Å². The second kappa shape index (κ2) is 5.14. The third kappa shape index (κ3) is 2.43. The molecular weight excluding hydrogens is 206 g/mol. The number of carbonyl (C=O) groups excluding carboxylic acids is 2. The summed E-state index contributed by atoms with van der Waals surface area (Å²) in [6, 6.07) is -0.334. The molecule has 1 amide bonds. The van der Waals surface area contributed by atoms with Gasteiger partial charge in [-0.2, -0.15) is 0 Å². The van der Waals surface area contributed by atoms with Crippen LogP contribution in [-0.4, -0.2) is 36.0 Å². The molecule has 16 heavy (non-hydrogen) atoms. The van der Waals surface area contributed by atoms with Crippen molar-refractivity contribution in [3.63, 3.8) is 0 Å². The maximum Gasteiger partial charge on any atom is 0.329 e. The first kappa shape index (κ1) is 11.2. The molecule has 0 aromatic heterocycles. The first-order chi connectivity index (χ1) is 7.79. The van der Waals surface area contributed by atoms with E-state index in [1.54, 1.807) is 4.90 Å². The number of hydrogen-bond donors (Lipinski definition) is 0. The van der Waals surface area contributed by atoms with Crippen LogP contribution in [0.4, 0.5) is 0 Å². The molecule has 0 aromatic rings. The van der Waals surface area contributed by atoms with E-state index < -0.39 is 0 Å². The molecule has 1 saturated heterocycles. The Balaban J connectivity index is 2.09. The number of rotatable bonds is 0. The van der Waals surface area contributed by atoms with Crippen LogP contribution in [0, 0.1) is 0 Å². The number of esters is 1. The molecule has 0 aromatic carbocycles. The SMILES string of the molecule is O=C1OC/C=C/CCCC(=O)N2CCC[C@@H]12. The summed E-state index contributed by atoms with van der Waals surface area (Å²) in [5.74, 6) is -0.160. The Morgan fingerprint density at radius 2 is 2.12 bits per heavy atom. The monoisotopic (exact) mass is 223 g/mol. The van der Waals surface area contributed by atoms with Gasteiger partial charge >= 0.3 is 5.97 Å². The lowest BCUT2D eigenvalue weighted by Crippen LogP contribution is -2.41. The van der Waals surface area contributed by atoms with Crippen LogP contribution in [0.3, 0.4) is 0 Å². The van der Waals surface area contributed by atoms with Gasteiger partial charge < -0.3 is 9.64 Å². The zero-order valence-corrected chi connectivity index (χ0v) is 9.35. The Morgan fingerprint density at radius 1 is 1.25 bits per heavy atom. The number of ether oxygens (including phenoxy) is 1. The molecule has 2 rings (SSSR count). The van der Waals surface area contributed by atoms with Crippen LogP contribution in [-0.2, 0) is 14.3 Å². The van der Waals surface area contributed by atoms with E-state index in [2.05, 4.69) is 0 Å². The standard InChI is InChI=1S/C12H17NO3/c14-11-7-3-1-2-4-9-16-12(15)10-6-5-8-13(10)11/h2,4,10H,1,3,5-9H2/b4-2+/t10-/m0/s1. The Hall–Kier alpha value is -1.32. The summed E-state index contributed by atoms with van der Waals surface area (Å²) in [6.07, 6.45) is 7.74. The molecule has 0 spiro atoms. The van der Waals surface area contributed by atoms with Crippen molar-refractivity contribution in [3.05, 3.63) is 12.2 Å². The molecule has 1 atom stereocenters. The summed E-state index contributed by atoms with van der Waals surface area (Å²) in [5, 5.41) is 0. The van der Waals surface area contributed by atoms with Crippen molar-refractivity contribution in [2.45, 2.75) is 38.1 Å². The van der Waals surface area contributed by atoms with Gasteiger partial charge in [-0.25, -0.2) is 4.79 Å². The fraction of sp³-hybridized carbons (Fsp3) is 0.667. The second-order valence-electron chi connectivity index (χ2n) is 4.24. The second-order valence-corrected chi connectivity index (χ2v) is 4.24. The van der Waals surface area contributed by atoms with Crippen LogP contribution in [0.15, 0.2) is 12.2 Å². The summed E-state index contributed by atoms with van der Waals surface area (Å²) in [7, 11) is 0. The summed E-state index contributed by atoms with van der Waals surface area (Å²) < 4.78 is 5.12. The number of hydrogen-bond acceptors (Lipinski definition) is 3. The predicted molar refractivity (Wildman–Crippen MR) is 58.7 cm³/mol. The van der Waals surface area contributed by atoms with E-state index in [9.17, 15) is 9.59 Å². The van der Waals surface area contributed by atoms with E-state index in [0.717, 1.165) is 25.7 Å². The topological polar surface area (TPSA) is 46.6 Å². The van der Waals surface area contributed by atoms with E-state index in [1.165, 1.54) is 0 Å². The number of cyclic esters (lactones) is 1. The molecule has 4 heteroatoms. The summed E-state index contributed by atoms with van der Waals surface area (Å²) >= 11 is 0. The summed E-state index contributed by atoms with van der Waals surface area (Å²) in [5.41, 5.74) is 0. The zero-order valence-electron chi connectivity index (χ0n) is 9.35. The number of carbonyl (C=O) groups is 2. The quantitative estimate of drug-likeness (QED) is 0.459. The fourth-order valence-corrected chi connectivity index (χ4v) is 2.24. The minimum absolute atomic E-state index is 0.0924. The van der Waals surface area contributed by atoms with E-state index in [1.807, 2.05) is 12.2 Å². The minimum atomic E-state index is -0.334. The van der Waals surface area contributed by atoms with Gasteiger partial charge in [-0.3, -0.25) is 4.79 Å². The predicted octanol–water partition coefficient (Wildman–Crippen LogP) is 1.26. The van der Waals surface area contributed by atoms with Crippen LogP contribution in [0.5, 0.6) is 0 Å². The van der Waals surface area contributed by atoms with Gasteiger partial charge in [0.15, 0.2) is 0 Å². The molecule has 0 bridgehead atoms. The zero-order chi connectivity index (χ0) is 11.4. The van der Waals surface area contributed by atoms with Gasteiger partial charge in [0.1, 0.15) is 12.6 Å². The first-order valence-corrected chi connectivity index (χ1v) is 5.90. The molecule has 1 fully saturated rings. The molecule has 2 aliphatic heterocycles. The molecule has 4 nitrogen and oxygen atoms in total. The van der Waals surface area contributed by atoms with Gasteiger partial charge in [0.25, 0.3) is 0 Å². The van der Waals surface area contributed by atoms with Crippen molar-refractivity contribution in [2.24, 2.45) is 0 Å². The molecular formula is C12H17NO3. The maximum absolute atomic E-state index is 11.9. The fourth-order valence-electron chi connectivity index (χ4n) is 2.24. The highest BCUT2D eigenvalue weighted by Crippen LogP contribution is 2.20. The van der Waals surface area contributed by atoms with Crippen molar-refractivity contribution in [1.82, 2.24) is 4.90 Å². The smallest absolute Gasteiger partial charge is 0.329 e. The Kier molecular flexibility index (Phi) is 3.59. The van der Waals surface area contributed by atoms with Gasteiger partial charge in [0.2, 0.25) is 5.91 Å². The average molecular weight is 223 g/mol. The minimum Gasteiger partial charge on any atom is -0.460 e. The number of allylic oxidation sites excluding steroid dienone is 1. The molecule has 2 aliphatic rings. The Labute approximate surface area is 95.2 Å². The van der Waals surface area contributed by atoms with E-state index in [0.29, 0.717) is 19.6 Å². The Bertz CT molecular complexity index is 311. The highest BCUT2D eigenvalue weighted by atomic mass is 16.5. The van der Waals surface area contributed by atoms with Gasteiger partial charge in [0, 0.05) is 13.0 Å². The lowest BCUT2D eigenvalue weighted by molar-refractivity contribution is -0.152. The molecule has 0 saturated carbocycles. The van der Waals surface area contributed by atoms with Gasteiger partial charge in [-0.05, 0) is 25.7 Å². The van der Waals surface area contributed by atoms with E-state index in [-0.39, 0.29) is 17.9 Å². The third-order valence-corrected chi connectivity index (χ3v) is 3.10. The normalized spacial score (nSPS) is 29.2. The lowest BCUT2D eigenvalue weighted by Gasteiger charge is -2.22. The van der Waals surface area contributed by atoms with Crippen molar-refractivity contribution >= 4 is 11.9 Å². The van der Waals surface area contributed by atoms with Gasteiger partial charge in [0.05, 0.1) is 0 Å². The van der Waals surface area contributed by atoms with Crippen molar-refractivity contribution in [1.29, 1.82) is 0 Å². The Morgan fingerprint density at radius 3 is 3.00 bits per heavy atom. The molecule has 88 valence electrons. The highest BCUT2D eigenvalue weighted by Gasteiger charge is 2.34. The third-order valence-electron chi connectivity index (χ3n) is 3.10. The van der Waals surface area contributed by atoms with Crippen molar-refractivity contribution in [3.8, 4) is 0 Å². The van der Waals surface area contributed by atoms with Crippen molar-refractivity contribution in [2.75, 3.05) is 13.2 Å². The van der Waals surface area contributed by atoms with Crippen molar-refractivity contribution < 1.29 is 14.3 Å². The summed E-state index contributed by atoms with van der Waals surface area (Å²) in [4.78, 5) is 25.3. The molecule has 0 N–H and O–H groups in total. The summed E-state index contributed by atoms with van der Waals surface area (Å²) in [6.45, 7) is 1.03. The highest BCUT2D eigenvalue weighted by molar-refractivity contribution is 5.85. The van der Waals surface area contributed by atoms with Crippen LogP contribution in [0.1, 0.15) is 32.1 Å². The molecule has 0 aliphatic carbocycles.